The normalized spacial score (nSPS) is 12.9. The molecule has 0 aliphatic heterocycles. The van der Waals surface area contributed by atoms with Crippen LogP contribution in [0.1, 0.15) is 99.5 Å². The van der Waals surface area contributed by atoms with Gasteiger partial charge in [-0.3, -0.25) is 19.2 Å². The second-order valence-corrected chi connectivity index (χ2v) is 14.1. The van der Waals surface area contributed by atoms with E-state index >= 15 is 0 Å². The van der Waals surface area contributed by atoms with Gasteiger partial charge in [-0.25, -0.2) is 0 Å². The van der Waals surface area contributed by atoms with Gasteiger partial charge < -0.3 is 31.2 Å². The van der Waals surface area contributed by atoms with Crippen molar-refractivity contribution < 1.29 is 28.7 Å². The average Bonchev–Trinajstić information content (AvgIpc) is 2.89. The fraction of sp³-hybridized carbons (Fsp3) is 0.697. The molecule has 1 rings (SSSR count). The predicted octanol–water partition coefficient (Wildman–Crippen LogP) is 4.83. The predicted molar refractivity (Wildman–Crippen MR) is 175 cm³/mol. The summed E-state index contributed by atoms with van der Waals surface area (Å²) in [7, 11) is 4.98. The van der Waals surface area contributed by atoms with Crippen LogP contribution in [-0.4, -0.2) is 62.8 Å². The molecule has 0 saturated carbocycles. The number of nitrogens with one attached hydrogen (secondary N) is 3. The molecule has 246 valence electrons. The van der Waals surface area contributed by atoms with Crippen molar-refractivity contribution in [3.63, 3.8) is 0 Å². The number of carbonyl (C=O) groups excluding carboxylic acids is 4. The van der Waals surface area contributed by atoms with Crippen molar-refractivity contribution in [2.45, 2.75) is 112 Å². The van der Waals surface area contributed by atoms with Gasteiger partial charge in [-0.05, 0) is 87.9 Å². The third-order valence-electron chi connectivity index (χ3n) is 7.24. The van der Waals surface area contributed by atoms with Gasteiger partial charge in [0.05, 0.1) is 12.1 Å². The summed E-state index contributed by atoms with van der Waals surface area (Å²) in [5.41, 5.74) is 5.58. The van der Waals surface area contributed by atoms with Crippen LogP contribution in [-0.2, 0) is 30.5 Å². The Morgan fingerprint density at radius 1 is 0.932 bits per heavy atom. The molecule has 1 atom stereocenters. The molecule has 11 heteroatoms. The number of benzene rings is 1. The zero-order chi connectivity index (χ0) is 33.6. The highest BCUT2D eigenvalue weighted by molar-refractivity contribution is 6.55. The molecule has 0 aliphatic carbocycles. The van der Waals surface area contributed by atoms with Crippen LogP contribution in [0.25, 0.3) is 0 Å². The first kappa shape index (κ1) is 39.1. The third kappa shape index (κ3) is 16.2. The number of ether oxygens (including phenoxy) is 2. The topological polar surface area (TPSA) is 149 Å². The highest BCUT2D eigenvalue weighted by Crippen LogP contribution is 2.40. The van der Waals surface area contributed by atoms with Crippen LogP contribution in [0.4, 0.5) is 10.5 Å². The average molecular weight is 615 g/mol. The minimum absolute atomic E-state index is 0.0238. The Balaban J connectivity index is 2.78. The van der Waals surface area contributed by atoms with E-state index in [9.17, 15) is 19.2 Å². The maximum atomic E-state index is 13.5. The largest absolute Gasteiger partial charge is 0.470 e. The fourth-order valence-electron chi connectivity index (χ4n) is 5.56. The zero-order valence-electron chi connectivity index (χ0n) is 28.1. The van der Waals surface area contributed by atoms with Crippen LogP contribution in [0.5, 0.6) is 0 Å². The lowest BCUT2D eigenvalue weighted by molar-refractivity contribution is -0.136. The van der Waals surface area contributed by atoms with Gasteiger partial charge in [-0.1, -0.05) is 53.7 Å². The first-order chi connectivity index (χ1) is 20.4. The molecule has 1 aromatic carbocycles. The Bertz CT molecular complexity index is 1070. The SMILES string of the molecule is [B]C(=O)OCc1ccc(NC(=O)CNC(=O)[C@H](CCCCN)NC(=O)C(C)(C)CC(C)(C)CC(C)(C)OCCC(C)C)cc1. The molecule has 3 amide bonds. The van der Waals surface area contributed by atoms with Crippen molar-refractivity contribution in [2.75, 3.05) is 25.0 Å². The number of hydrogen-bond acceptors (Lipinski definition) is 7. The summed E-state index contributed by atoms with van der Waals surface area (Å²) in [5, 5.41) is 8.31. The molecular formula is C33H55BN4O6. The fourth-order valence-corrected chi connectivity index (χ4v) is 5.56. The van der Waals surface area contributed by atoms with Gasteiger partial charge in [0.25, 0.3) is 0 Å². The van der Waals surface area contributed by atoms with Crippen molar-refractivity contribution in [1.29, 1.82) is 0 Å². The third-order valence-corrected chi connectivity index (χ3v) is 7.24. The van der Waals surface area contributed by atoms with E-state index in [2.05, 4.69) is 57.5 Å². The molecule has 5 N–H and O–H groups in total. The molecule has 0 aliphatic rings. The molecule has 1 aromatic rings. The quantitative estimate of drug-likeness (QED) is 0.121. The molecule has 0 unspecified atom stereocenters. The minimum atomic E-state index is -0.870. The Hall–Kier alpha value is -2.92. The number of carbonyl (C=O) groups is 4. The second kappa shape index (κ2) is 18.1. The second-order valence-electron chi connectivity index (χ2n) is 14.1. The van der Waals surface area contributed by atoms with Gasteiger partial charge >= 0.3 is 0 Å². The Morgan fingerprint density at radius 3 is 2.14 bits per heavy atom. The molecule has 0 aromatic heterocycles. The molecule has 2 radical (unpaired) electrons. The molecular weight excluding hydrogens is 559 g/mol. The highest BCUT2D eigenvalue weighted by Gasteiger charge is 2.39. The van der Waals surface area contributed by atoms with Crippen LogP contribution in [0.2, 0.25) is 0 Å². The number of hydrogen-bond donors (Lipinski definition) is 4. The van der Waals surface area contributed by atoms with Crippen LogP contribution in [0.15, 0.2) is 24.3 Å². The van der Waals surface area contributed by atoms with Crippen LogP contribution in [0.3, 0.4) is 0 Å². The van der Waals surface area contributed by atoms with E-state index in [1.165, 1.54) is 0 Å². The van der Waals surface area contributed by atoms with Crippen molar-refractivity contribution >= 4 is 37.1 Å². The summed E-state index contributed by atoms with van der Waals surface area (Å²) in [6.45, 7) is 17.5. The van der Waals surface area contributed by atoms with Crippen LogP contribution >= 0.6 is 0 Å². The first-order valence-corrected chi connectivity index (χ1v) is 15.6. The van der Waals surface area contributed by atoms with Crippen molar-refractivity contribution in [2.24, 2.45) is 22.5 Å². The monoisotopic (exact) mass is 614 g/mol. The van der Waals surface area contributed by atoms with Gasteiger partial charge in [-0.15, -0.1) is 0 Å². The van der Waals surface area contributed by atoms with Gasteiger partial charge in [0.1, 0.15) is 12.6 Å². The Morgan fingerprint density at radius 2 is 1.57 bits per heavy atom. The summed E-state index contributed by atoms with van der Waals surface area (Å²) in [6.07, 6.45) is 4.13. The summed E-state index contributed by atoms with van der Waals surface area (Å²) in [5.74, 6) is -1.38. The van der Waals surface area contributed by atoms with Crippen molar-refractivity contribution in [3.05, 3.63) is 29.8 Å². The van der Waals surface area contributed by atoms with E-state index < -0.39 is 29.1 Å². The molecule has 0 fully saturated rings. The molecule has 10 nitrogen and oxygen atoms in total. The van der Waals surface area contributed by atoms with E-state index in [4.69, 9.17) is 23.1 Å². The van der Waals surface area contributed by atoms with E-state index in [0.717, 1.165) is 12.8 Å². The minimum Gasteiger partial charge on any atom is -0.470 e. The lowest BCUT2D eigenvalue weighted by Gasteiger charge is -2.39. The van der Waals surface area contributed by atoms with Crippen molar-refractivity contribution in [1.82, 2.24) is 10.6 Å². The smallest absolute Gasteiger partial charge is 0.243 e. The number of rotatable bonds is 20. The maximum absolute atomic E-state index is 13.5. The number of amides is 3. The zero-order valence-corrected chi connectivity index (χ0v) is 28.1. The van der Waals surface area contributed by atoms with Crippen LogP contribution in [0, 0.1) is 16.7 Å². The van der Waals surface area contributed by atoms with Gasteiger partial charge in [0, 0.05) is 17.7 Å². The van der Waals surface area contributed by atoms with E-state index in [-0.39, 0.29) is 30.1 Å². The van der Waals surface area contributed by atoms with E-state index in [0.29, 0.717) is 56.0 Å². The summed E-state index contributed by atoms with van der Waals surface area (Å²) < 4.78 is 10.9. The van der Waals surface area contributed by atoms with Gasteiger partial charge in [0.15, 0.2) is 0 Å². The summed E-state index contributed by atoms with van der Waals surface area (Å²) in [6, 6.07) is 5.87. The van der Waals surface area contributed by atoms with E-state index in [1.807, 2.05) is 13.8 Å². The molecule has 44 heavy (non-hydrogen) atoms. The standard InChI is InChI=1S/C33H55BN4O6/c1-23(2)16-18-44-33(7,8)22-31(3,4)21-32(5,6)29(41)38-26(11-9-10-17-35)28(40)36-19-27(39)37-25-14-12-24(13-15-25)20-43-30(34)42/h12-15,23,26H,9-11,16-22,35H2,1-8H3,(H,36,40)(H,37,39)(H,38,41)/t26-/m0/s1. The van der Waals surface area contributed by atoms with Gasteiger partial charge in [0.2, 0.25) is 31.4 Å². The first-order valence-electron chi connectivity index (χ1n) is 15.6. The summed E-state index contributed by atoms with van der Waals surface area (Å²) in [4.78, 5) is 50.0. The lowest BCUT2D eigenvalue weighted by atomic mass is 9.70. The van der Waals surface area contributed by atoms with E-state index in [1.54, 1.807) is 24.3 Å². The molecule has 0 saturated heterocycles. The number of unbranched alkanes of at least 4 members (excludes halogenated alkanes) is 1. The Kier molecular flexibility index (Phi) is 16.1. The number of anilines is 1. The molecule has 0 spiro atoms. The molecule has 0 heterocycles. The van der Waals surface area contributed by atoms with Crippen LogP contribution < -0.4 is 21.7 Å². The highest BCUT2D eigenvalue weighted by atomic mass is 16.5. The summed E-state index contributed by atoms with van der Waals surface area (Å²) >= 11 is 0. The maximum Gasteiger partial charge on any atom is 0.243 e. The lowest BCUT2D eigenvalue weighted by Crippen LogP contribution is -2.52. The Labute approximate surface area is 265 Å². The number of nitrogens with two attached hydrogens (primary N) is 1. The van der Waals surface area contributed by atoms with Gasteiger partial charge in [-0.2, -0.15) is 0 Å². The van der Waals surface area contributed by atoms with Crippen molar-refractivity contribution in [3.8, 4) is 0 Å². The molecule has 0 bridgehead atoms.